The standard InChI is InChI=1S/C17H30N2O2/c1-5-10-18-14(4)16-9-8-15(13-17(16)20)19(6-2)11-12-21-7-3/h8-9,13-14,18,20H,5-7,10-12H2,1-4H3. The minimum atomic E-state index is 0.164. The van der Waals surface area contributed by atoms with E-state index in [1.165, 1.54) is 0 Å². The zero-order valence-corrected chi connectivity index (χ0v) is 13.9. The van der Waals surface area contributed by atoms with Crippen LogP contribution in [0.1, 0.15) is 45.7 Å². The van der Waals surface area contributed by atoms with Crippen molar-refractivity contribution in [1.29, 1.82) is 0 Å². The van der Waals surface area contributed by atoms with Crippen LogP contribution in [0.5, 0.6) is 5.75 Å². The molecule has 0 aromatic heterocycles. The number of phenols is 1. The van der Waals surface area contributed by atoms with Gasteiger partial charge in [-0.05, 0) is 39.8 Å². The molecule has 1 aromatic rings. The Labute approximate surface area is 129 Å². The Morgan fingerprint density at radius 1 is 1.29 bits per heavy atom. The first kappa shape index (κ1) is 17.8. The SMILES string of the molecule is CCCNC(C)c1ccc(N(CC)CCOCC)cc1O. The van der Waals surface area contributed by atoms with E-state index in [0.29, 0.717) is 12.4 Å². The van der Waals surface area contributed by atoms with Crippen molar-refractivity contribution in [3.05, 3.63) is 23.8 Å². The van der Waals surface area contributed by atoms with Crippen LogP contribution in [0.2, 0.25) is 0 Å². The largest absolute Gasteiger partial charge is 0.508 e. The predicted molar refractivity (Wildman–Crippen MR) is 89.2 cm³/mol. The number of hydrogen-bond donors (Lipinski definition) is 2. The second kappa shape index (κ2) is 9.64. The number of nitrogens with zero attached hydrogens (tertiary/aromatic N) is 1. The van der Waals surface area contributed by atoms with E-state index in [1.807, 2.05) is 19.1 Å². The third kappa shape index (κ3) is 5.56. The van der Waals surface area contributed by atoms with Crippen LogP contribution < -0.4 is 10.2 Å². The maximum absolute atomic E-state index is 10.3. The molecule has 0 aliphatic rings. The van der Waals surface area contributed by atoms with Crippen molar-refractivity contribution in [2.45, 2.75) is 40.2 Å². The quantitative estimate of drug-likeness (QED) is 0.650. The van der Waals surface area contributed by atoms with E-state index >= 15 is 0 Å². The summed E-state index contributed by atoms with van der Waals surface area (Å²) in [6.45, 7) is 12.5. The summed E-state index contributed by atoms with van der Waals surface area (Å²) < 4.78 is 5.41. The monoisotopic (exact) mass is 294 g/mol. The fraction of sp³-hybridized carbons (Fsp3) is 0.647. The maximum atomic E-state index is 10.3. The van der Waals surface area contributed by atoms with Crippen LogP contribution in [0.3, 0.4) is 0 Å². The summed E-state index contributed by atoms with van der Waals surface area (Å²) in [6.07, 6.45) is 1.09. The molecule has 4 heteroatoms. The highest BCUT2D eigenvalue weighted by atomic mass is 16.5. The highest BCUT2D eigenvalue weighted by Crippen LogP contribution is 2.29. The number of hydrogen-bond acceptors (Lipinski definition) is 4. The molecule has 1 aromatic carbocycles. The molecule has 0 spiro atoms. The lowest BCUT2D eigenvalue weighted by molar-refractivity contribution is 0.154. The molecule has 0 aliphatic heterocycles. The van der Waals surface area contributed by atoms with Gasteiger partial charge in [-0.15, -0.1) is 0 Å². The summed E-state index contributed by atoms with van der Waals surface area (Å²) in [7, 11) is 0. The second-order valence-corrected chi connectivity index (χ2v) is 5.20. The van der Waals surface area contributed by atoms with Crippen molar-refractivity contribution in [3.8, 4) is 5.75 Å². The Bertz CT molecular complexity index is 410. The van der Waals surface area contributed by atoms with Crippen molar-refractivity contribution in [3.63, 3.8) is 0 Å². The van der Waals surface area contributed by atoms with E-state index in [2.05, 4.69) is 37.1 Å². The average Bonchev–Trinajstić information content (AvgIpc) is 2.49. The number of aromatic hydroxyl groups is 1. The topological polar surface area (TPSA) is 44.7 Å². The Kier molecular flexibility index (Phi) is 8.16. The van der Waals surface area contributed by atoms with Gasteiger partial charge in [0, 0.05) is 43.1 Å². The fourth-order valence-electron chi connectivity index (χ4n) is 2.35. The van der Waals surface area contributed by atoms with Crippen molar-refractivity contribution in [2.75, 3.05) is 37.7 Å². The Hall–Kier alpha value is -1.26. The molecule has 0 bridgehead atoms. The van der Waals surface area contributed by atoms with Crippen LogP contribution in [0.15, 0.2) is 18.2 Å². The summed E-state index contributed by atoms with van der Waals surface area (Å²) in [4.78, 5) is 2.21. The van der Waals surface area contributed by atoms with Gasteiger partial charge in [-0.2, -0.15) is 0 Å². The lowest BCUT2D eigenvalue weighted by Gasteiger charge is -2.24. The van der Waals surface area contributed by atoms with Crippen LogP contribution in [-0.4, -0.2) is 38.0 Å². The predicted octanol–water partition coefficient (Wildman–Crippen LogP) is 3.32. The second-order valence-electron chi connectivity index (χ2n) is 5.20. The maximum Gasteiger partial charge on any atom is 0.122 e. The third-order valence-electron chi connectivity index (χ3n) is 3.64. The minimum Gasteiger partial charge on any atom is -0.508 e. The molecular formula is C17H30N2O2. The number of nitrogens with one attached hydrogen (secondary N) is 1. The van der Waals surface area contributed by atoms with Gasteiger partial charge in [0.15, 0.2) is 0 Å². The lowest BCUT2D eigenvalue weighted by Crippen LogP contribution is -2.27. The van der Waals surface area contributed by atoms with E-state index in [0.717, 1.165) is 43.9 Å². The average molecular weight is 294 g/mol. The van der Waals surface area contributed by atoms with Crippen LogP contribution in [-0.2, 0) is 4.74 Å². The molecule has 1 rings (SSSR count). The van der Waals surface area contributed by atoms with Gasteiger partial charge in [-0.3, -0.25) is 0 Å². The van der Waals surface area contributed by atoms with Gasteiger partial charge < -0.3 is 20.1 Å². The van der Waals surface area contributed by atoms with Gasteiger partial charge in [0.05, 0.1) is 6.61 Å². The van der Waals surface area contributed by atoms with Crippen molar-refractivity contribution in [1.82, 2.24) is 5.32 Å². The summed E-state index contributed by atoms with van der Waals surface area (Å²) in [5.41, 5.74) is 1.99. The first-order valence-corrected chi connectivity index (χ1v) is 8.02. The molecule has 0 radical (unpaired) electrons. The van der Waals surface area contributed by atoms with Gasteiger partial charge >= 0.3 is 0 Å². The molecule has 1 unspecified atom stereocenters. The summed E-state index contributed by atoms with van der Waals surface area (Å²) >= 11 is 0. The third-order valence-corrected chi connectivity index (χ3v) is 3.64. The Morgan fingerprint density at radius 2 is 2.05 bits per heavy atom. The number of benzene rings is 1. The lowest BCUT2D eigenvalue weighted by atomic mass is 10.1. The zero-order chi connectivity index (χ0) is 15.7. The number of likely N-dealkylation sites (N-methyl/N-ethyl adjacent to an activating group) is 1. The van der Waals surface area contributed by atoms with Crippen LogP contribution in [0.25, 0.3) is 0 Å². The fourth-order valence-corrected chi connectivity index (χ4v) is 2.35. The first-order valence-electron chi connectivity index (χ1n) is 8.02. The van der Waals surface area contributed by atoms with Gasteiger partial charge in [-0.25, -0.2) is 0 Å². The highest BCUT2D eigenvalue weighted by molar-refractivity contribution is 5.54. The van der Waals surface area contributed by atoms with Gasteiger partial charge in [0.1, 0.15) is 5.75 Å². The first-order chi connectivity index (χ1) is 10.1. The van der Waals surface area contributed by atoms with Gasteiger partial charge in [-0.1, -0.05) is 13.0 Å². The Morgan fingerprint density at radius 3 is 2.62 bits per heavy atom. The van der Waals surface area contributed by atoms with Crippen molar-refractivity contribution >= 4 is 5.69 Å². The van der Waals surface area contributed by atoms with Crippen LogP contribution in [0, 0.1) is 0 Å². The molecule has 0 saturated carbocycles. The smallest absolute Gasteiger partial charge is 0.122 e. The Balaban J connectivity index is 2.75. The molecule has 4 nitrogen and oxygen atoms in total. The van der Waals surface area contributed by atoms with E-state index in [1.54, 1.807) is 0 Å². The van der Waals surface area contributed by atoms with E-state index in [4.69, 9.17) is 4.74 Å². The molecule has 0 aliphatic carbocycles. The molecule has 0 amide bonds. The molecule has 0 fully saturated rings. The van der Waals surface area contributed by atoms with Crippen LogP contribution in [0.4, 0.5) is 5.69 Å². The van der Waals surface area contributed by atoms with Gasteiger partial charge in [0.25, 0.3) is 0 Å². The molecule has 2 N–H and O–H groups in total. The van der Waals surface area contributed by atoms with E-state index in [-0.39, 0.29) is 6.04 Å². The molecule has 1 atom stereocenters. The summed E-state index contributed by atoms with van der Waals surface area (Å²) in [6, 6.07) is 6.11. The van der Waals surface area contributed by atoms with Gasteiger partial charge in [0.2, 0.25) is 0 Å². The number of phenolic OH excluding ortho intramolecular Hbond substituents is 1. The molecule has 0 saturated heterocycles. The molecule has 21 heavy (non-hydrogen) atoms. The minimum absolute atomic E-state index is 0.164. The number of anilines is 1. The van der Waals surface area contributed by atoms with Crippen molar-refractivity contribution in [2.24, 2.45) is 0 Å². The number of ether oxygens (including phenoxy) is 1. The normalized spacial score (nSPS) is 12.4. The van der Waals surface area contributed by atoms with E-state index < -0.39 is 0 Å². The molecule has 0 heterocycles. The summed E-state index contributed by atoms with van der Waals surface area (Å²) in [5.74, 6) is 0.360. The molecular weight excluding hydrogens is 264 g/mol. The molecule has 120 valence electrons. The highest BCUT2D eigenvalue weighted by Gasteiger charge is 2.12. The van der Waals surface area contributed by atoms with Crippen molar-refractivity contribution < 1.29 is 9.84 Å². The van der Waals surface area contributed by atoms with E-state index in [9.17, 15) is 5.11 Å². The zero-order valence-electron chi connectivity index (χ0n) is 13.9. The van der Waals surface area contributed by atoms with Crippen LogP contribution >= 0.6 is 0 Å². The summed E-state index contributed by atoms with van der Waals surface area (Å²) in [5, 5.41) is 13.7. The number of rotatable bonds is 10.